The third kappa shape index (κ3) is 5.02. The summed E-state index contributed by atoms with van der Waals surface area (Å²) in [5.74, 6) is 0.807. The van der Waals surface area contributed by atoms with Crippen molar-refractivity contribution >= 4 is 5.91 Å². The number of hydrogen-bond donors (Lipinski definition) is 1. The molecule has 4 nitrogen and oxygen atoms in total. The molecule has 2 heterocycles. The molecule has 0 aromatic heterocycles. The third-order valence-electron chi connectivity index (χ3n) is 5.47. The Labute approximate surface area is 150 Å². The zero-order valence-electron chi connectivity index (χ0n) is 15.2. The van der Waals surface area contributed by atoms with E-state index in [0.717, 1.165) is 64.1 Å². The number of nitrogens with one attached hydrogen (secondary N) is 1. The Morgan fingerprint density at radius 2 is 2.08 bits per heavy atom. The fourth-order valence-electron chi connectivity index (χ4n) is 4.27. The summed E-state index contributed by atoms with van der Waals surface area (Å²) in [6.07, 6.45) is 4.34. The van der Waals surface area contributed by atoms with Crippen LogP contribution < -0.4 is 5.32 Å². The van der Waals surface area contributed by atoms with Crippen molar-refractivity contribution in [2.75, 3.05) is 39.8 Å². The summed E-state index contributed by atoms with van der Waals surface area (Å²) in [7, 11) is 1.98. The first-order chi connectivity index (χ1) is 12.2. The van der Waals surface area contributed by atoms with E-state index in [1.807, 2.05) is 13.1 Å². The molecule has 3 rings (SSSR count). The average molecular weight is 347 g/mol. The Morgan fingerprint density at radius 1 is 1.24 bits per heavy atom. The van der Waals surface area contributed by atoms with Crippen LogP contribution in [0.1, 0.15) is 31.2 Å². The summed E-state index contributed by atoms with van der Waals surface area (Å²) >= 11 is 0. The maximum absolute atomic E-state index is 13.4. The summed E-state index contributed by atoms with van der Waals surface area (Å²) in [5, 5.41) is 3.24. The fourth-order valence-corrected chi connectivity index (χ4v) is 4.27. The highest BCUT2D eigenvalue weighted by molar-refractivity contribution is 5.79. The van der Waals surface area contributed by atoms with Gasteiger partial charge in [0.25, 0.3) is 0 Å². The van der Waals surface area contributed by atoms with Gasteiger partial charge in [-0.05, 0) is 69.4 Å². The molecule has 2 atom stereocenters. The van der Waals surface area contributed by atoms with Crippen molar-refractivity contribution in [2.45, 2.75) is 32.2 Å². The lowest BCUT2D eigenvalue weighted by Crippen LogP contribution is -2.48. The van der Waals surface area contributed by atoms with E-state index in [1.54, 1.807) is 12.1 Å². The molecule has 2 unspecified atom stereocenters. The average Bonchev–Trinajstić information content (AvgIpc) is 2.62. The number of piperidine rings is 2. The largest absolute Gasteiger partial charge is 0.342 e. The van der Waals surface area contributed by atoms with Crippen molar-refractivity contribution in [3.63, 3.8) is 0 Å². The van der Waals surface area contributed by atoms with E-state index in [0.29, 0.717) is 11.8 Å². The maximum Gasteiger partial charge on any atom is 0.226 e. The minimum Gasteiger partial charge on any atom is -0.342 e. The normalized spacial score (nSPS) is 25.1. The minimum absolute atomic E-state index is 0.0932. The zero-order chi connectivity index (χ0) is 17.6. The Hall–Kier alpha value is -1.46. The molecule has 0 radical (unpaired) electrons. The van der Waals surface area contributed by atoms with Crippen LogP contribution in [0.5, 0.6) is 0 Å². The van der Waals surface area contributed by atoms with Gasteiger partial charge in [-0.2, -0.15) is 0 Å². The van der Waals surface area contributed by atoms with Gasteiger partial charge in [-0.1, -0.05) is 12.1 Å². The van der Waals surface area contributed by atoms with E-state index >= 15 is 0 Å². The second kappa shape index (κ2) is 8.77. The molecule has 25 heavy (non-hydrogen) atoms. The van der Waals surface area contributed by atoms with E-state index in [2.05, 4.69) is 15.1 Å². The van der Waals surface area contributed by atoms with Crippen molar-refractivity contribution < 1.29 is 9.18 Å². The first kappa shape index (κ1) is 18.3. The number of carbonyl (C=O) groups is 1. The molecule has 0 bridgehead atoms. The topological polar surface area (TPSA) is 35.6 Å². The van der Waals surface area contributed by atoms with Crippen LogP contribution in [-0.2, 0) is 11.3 Å². The summed E-state index contributed by atoms with van der Waals surface area (Å²) in [6.45, 7) is 5.29. The molecule has 1 amide bonds. The zero-order valence-corrected chi connectivity index (χ0v) is 15.2. The maximum atomic E-state index is 13.4. The quantitative estimate of drug-likeness (QED) is 0.889. The van der Waals surface area contributed by atoms with Gasteiger partial charge >= 0.3 is 0 Å². The van der Waals surface area contributed by atoms with Gasteiger partial charge in [0.15, 0.2) is 0 Å². The number of benzene rings is 1. The van der Waals surface area contributed by atoms with Gasteiger partial charge in [-0.15, -0.1) is 0 Å². The molecule has 5 heteroatoms. The highest BCUT2D eigenvalue weighted by Crippen LogP contribution is 2.24. The van der Waals surface area contributed by atoms with E-state index in [-0.39, 0.29) is 11.7 Å². The Kier molecular flexibility index (Phi) is 6.43. The van der Waals surface area contributed by atoms with Crippen molar-refractivity contribution in [2.24, 2.45) is 11.8 Å². The molecule has 2 aliphatic heterocycles. The number of hydrogen-bond acceptors (Lipinski definition) is 3. The standard InChI is InChI=1S/C20H30FN3O/c1-22-12-17-6-3-10-24(14-17)20(25)18-7-4-9-23(15-18)13-16-5-2-8-19(21)11-16/h2,5,8,11,17-18,22H,3-4,6-7,9-10,12-15H2,1H3. The summed E-state index contributed by atoms with van der Waals surface area (Å²) in [6, 6.07) is 6.79. The van der Waals surface area contributed by atoms with E-state index in [9.17, 15) is 9.18 Å². The van der Waals surface area contributed by atoms with Crippen molar-refractivity contribution in [1.82, 2.24) is 15.1 Å². The van der Waals surface area contributed by atoms with Gasteiger partial charge in [0.1, 0.15) is 5.82 Å². The molecule has 2 fully saturated rings. The van der Waals surface area contributed by atoms with Gasteiger partial charge < -0.3 is 10.2 Å². The van der Waals surface area contributed by atoms with Crippen LogP contribution in [0.25, 0.3) is 0 Å². The fraction of sp³-hybridized carbons (Fsp3) is 0.650. The summed E-state index contributed by atoms with van der Waals surface area (Å²) < 4.78 is 13.4. The van der Waals surface area contributed by atoms with Crippen LogP contribution in [0, 0.1) is 17.7 Å². The van der Waals surface area contributed by atoms with Gasteiger partial charge in [0.2, 0.25) is 5.91 Å². The minimum atomic E-state index is -0.189. The lowest BCUT2D eigenvalue weighted by Gasteiger charge is -2.38. The monoisotopic (exact) mass is 347 g/mol. The molecule has 2 saturated heterocycles. The smallest absolute Gasteiger partial charge is 0.226 e. The van der Waals surface area contributed by atoms with Crippen LogP contribution >= 0.6 is 0 Å². The van der Waals surface area contributed by atoms with Crippen LogP contribution in [0.15, 0.2) is 24.3 Å². The summed E-state index contributed by atoms with van der Waals surface area (Å²) in [4.78, 5) is 17.4. The molecule has 0 saturated carbocycles. The number of likely N-dealkylation sites (tertiary alicyclic amines) is 2. The van der Waals surface area contributed by atoms with Crippen LogP contribution in [0.4, 0.5) is 4.39 Å². The van der Waals surface area contributed by atoms with Crippen LogP contribution in [0.2, 0.25) is 0 Å². The van der Waals surface area contributed by atoms with Gasteiger partial charge in [-0.25, -0.2) is 4.39 Å². The second-order valence-electron chi connectivity index (χ2n) is 7.55. The number of amides is 1. The van der Waals surface area contributed by atoms with Crippen molar-refractivity contribution in [3.8, 4) is 0 Å². The molecule has 1 aromatic carbocycles. The summed E-state index contributed by atoms with van der Waals surface area (Å²) in [5.41, 5.74) is 0.986. The molecule has 0 spiro atoms. The lowest BCUT2D eigenvalue weighted by atomic mass is 9.92. The van der Waals surface area contributed by atoms with Crippen molar-refractivity contribution in [3.05, 3.63) is 35.6 Å². The van der Waals surface area contributed by atoms with Crippen molar-refractivity contribution in [1.29, 1.82) is 0 Å². The Morgan fingerprint density at radius 3 is 2.88 bits per heavy atom. The predicted octanol–water partition coefficient (Wildman–Crippen LogP) is 2.50. The van der Waals surface area contributed by atoms with E-state index < -0.39 is 0 Å². The number of halogens is 1. The number of rotatable bonds is 5. The van der Waals surface area contributed by atoms with Crippen LogP contribution in [-0.4, -0.2) is 55.5 Å². The third-order valence-corrected chi connectivity index (χ3v) is 5.47. The number of nitrogens with zero attached hydrogens (tertiary/aromatic N) is 2. The van der Waals surface area contributed by atoms with Gasteiger partial charge in [0, 0.05) is 26.2 Å². The molecule has 138 valence electrons. The lowest BCUT2D eigenvalue weighted by molar-refractivity contribution is -0.139. The van der Waals surface area contributed by atoms with Gasteiger partial charge in [0.05, 0.1) is 5.92 Å². The predicted molar refractivity (Wildman–Crippen MR) is 97.6 cm³/mol. The Balaban J connectivity index is 1.56. The highest BCUT2D eigenvalue weighted by Gasteiger charge is 2.31. The van der Waals surface area contributed by atoms with E-state index in [4.69, 9.17) is 0 Å². The van der Waals surface area contributed by atoms with E-state index in [1.165, 1.54) is 12.5 Å². The highest BCUT2D eigenvalue weighted by atomic mass is 19.1. The SMILES string of the molecule is CNCC1CCCN(C(=O)C2CCCN(Cc3cccc(F)c3)C2)C1. The number of carbonyl (C=O) groups excluding carboxylic acids is 1. The van der Waals surface area contributed by atoms with Crippen LogP contribution in [0.3, 0.4) is 0 Å². The second-order valence-corrected chi connectivity index (χ2v) is 7.55. The molecule has 2 aliphatic rings. The molecule has 1 N–H and O–H groups in total. The first-order valence-electron chi connectivity index (χ1n) is 9.56. The molecular weight excluding hydrogens is 317 g/mol. The van der Waals surface area contributed by atoms with Gasteiger partial charge in [-0.3, -0.25) is 9.69 Å². The Bertz CT molecular complexity index is 578. The molecular formula is C20H30FN3O. The molecule has 0 aliphatic carbocycles. The first-order valence-corrected chi connectivity index (χ1v) is 9.56. The molecule has 1 aromatic rings.